The fourth-order valence-electron chi connectivity index (χ4n) is 3.30. The maximum absolute atomic E-state index is 13.5. The second-order valence-corrected chi connectivity index (χ2v) is 11.5. The Kier molecular flexibility index (Phi) is 8.71. The lowest BCUT2D eigenvalue weighted by atomic mass is 10.1. The van der Waals surface area contributed by atoms with Crippen molar-refractivity contribution in [1.29, 1.82) is 0 Å². The molecule has 2 aromatic rings. The number of amides is 2. The van der Waals surface area contributed by atoms with Crippen LogP contribution in [0.4, 0.5) is 10.1 Å². The number of hydrogen-bond donors (Lipinski definition) is 1. The van der Waals surface area contributed by atoms with E-state index in [1.54, 1.807) is 32.0 Å². The van der Waals surface area contributed by atoms with E-state index in [9.17, 15) is 22.4 Å². The van der Waals surface area contributed by atoms with Gasteiger partial charge >= 0.3 is 0 Å². The van der Waals surface area contributed by atoms with E-state index in [2.05, 4.69) is 5.32 Å². The molecule has 0 unspecified atom stereocenters. The van der Waals surface area contributed by atoms with Crippen molar-refractivity contribution in [1.82, 2.24) is 10.2 Å². The molecule has 1 N–H and O–H groups in total. The minimum Gasteiger partial charge on any atom is -0.350 e. The molecule has 0 aliphatic heterocycles. The van der Waals surface area contributed by atoms with Crippen LogP contribution in [0.3, 0.4) is 0 Å². The second kappa shape index (κ2) is 10.7. The van der Waals surface area contributed by atoms with Crippen LogP contribution in [-0.4, -0.2) is 49.5 Å². The molecule has 186 valence electrons. The number of rotatable bonds is 8. The summed E-state index contributed by atoms with van der Waals surface area (Å²) in [4.78, 5) is 27.7. The Hall–Kier alpha value is -2.65. The zero-order valence-corrected chi connectivity index (χ0v) is 21.8. The summed E-state index contributed by atoms with van der Waals surface area (Å²) in [5.41, 5.74) is 0.838. The molecule has 2 amide bonds. The highest BCUT2D eigenvalue weighted by molar-refractivity contribution is 7.92. The van der Waals surface area contributed by atoms with Crippen molar-refractivity contribution in [2.45, 2.75) is 52.7 Å². The fraction of sp³-hybridized carbons (Fsp3) is 0.417. The Morgan fingerprint density at radius 2 is 1.71 bits per heavy atom. The van der Waals surface area contributed by atoms with Gasteiger partial charge in [-0.1, -0.05) is 29.8 Å². The van der Waals surface area contributed by atoms with E-state index in [1.165, 1.54) is 29.2 Å². The minimum absolute atomic E-state index is 0.00995. The molecular weight excluding hydrogens is 481 g/mol. The van der Waals surface area contributed by atoms with Crippen molar-refractivity contribution in [3.8, 4) is 0 Å². The highest BCUT2D eigenvalue weighted by Gasteiger charge is 2.31. The lowest BCUT2D eigenvalue weighted by molar-refractivity contribution is -0.140. The summed E-state index contributed by atoms with van der Waals surface area (Å²) in [6.45, 7) is 8.14. The van der Waals surface area contributed by atoms with Crippen LogP contribution >= 0.6 is 11.6 Å². The first-order valence-corrected chi connectivity index (χ1v) is 12.9. The third-order valence-electron chi connectivity index (χ3n) is 5.12. The molecule has 10 heteroatoms. The van der Waals surface area contributed by atoms with Gasteiger partial charge in [-0.3, -0.25) is 13.9 Å². The molecule has 0 saturated heterocycles. The van der Waals surface area contributed by atoms with E-state index >= 15 is 0 Å². The number of anilines is 1. The van der Waals surface area contributed by atoms with Gasteiger partial charge in [-0.2, -0.15) is 0 Å². The van der Waals surface area contributed by atoms with Crippen molar-refractivity contribution in [3.63, 3.8) is 0 Å². The molecule has 0 aromatic heterocycles. The van der Waals surface area contributed by atoms with Gasteiger partial charge in [0.15, 0.2) is 0 Å². The van der Waals surface area contributed by atoms with Crippen molar-refractivity contribution in [3.05, 3.63) is 64.4 Å². The molecule has 0 saturated carbocycles. The van der Waals surface area contributed by atoms with Crippen LogP contribution in [0.15, 0.2) is 42.5 Å². The molecule has 1 atom stereocenters. The Bertz CT molecular complexity index is 1150. The first-order chi connectivity index (χ1) is 15.6. The van der Waals surface area contributed by atoms with Gasteiger partial charge in [0, 0.05) is 17.1 Å². The second-order valence-electron chi connectivity index (χ2n) is 9.22. The van der Waals surface area contributed by atoms with E-state index in [4.69, 9.17) is 11.6 Å². The number of nitrogens with zero attached hydrogens (tertiary/aromatic N) is 2. The molecule has 0 bridgehead atoms. The number of sulfonamides is 1. The topological polar surface area (TPSA) is 86.8 Å². The van der Waals surface area contributed by atoms with E-state index in [-0.39, 0.29) is 12.2 Å². The predicted molar refractivity (Wildman–Crippen MR) is 133 cm³/mol. The molecular formula is C24H31ClFN3O4S. The SMILES string of the molecule is Cc1c(Cl)cccc1N(CC(=O)N(Cc1ccc(F)cc1)[C@H](C)C(=O)NC(C)(C)C)S(C)(=O)=O. The largest absolute Gasteiger partial charge is 0.350 e. The highest BCUT2D eigenvalue weighted by atomic mass is 35.5. The molecule has 2 aromatic carbocycles. The van der Waals surface area contributed by atoms with Gasteiger partial charge in [0.2, 0.25) is 21.8 Å². The Labute approximate surface area is 205 Å². The van der Waals surface area contributed by atoms with Crippen molar-refractivity contribution < 1.29 is 22.4 Å². The number of carbonyl (C=O) groups excluding carboxylic acids is 2. The summed E-state index contributed by atoms with van der Waals surface area (Å²) in [7, 11) is -3.86. The molecule has 0 heterocycles. The van der Waals surface area contributed by atoms with Gasteiger partial charge in [-0.15, -0.1) is 0 Å². The van der Waals surface area contributed by atoms with E-state index in [0.717, 1.165) is 10.6 Å². The highest BCUT2D eigenvalue weighted by Crippen LogP contribution is 2.28. The third-order valence-corrected chi connectivity index (χ3v) is 6.65. The normalized spacial score (nSPS) is 12.7. The van der Waals surface area contributed by atoms with Gasteiger partial charge in [0.25, 0.3) is 0 Å². The summed E-state index contributed by atoms with van der Waals surface area (Å²) in [6, 6.07) is 9.42. The molecule has 34 heavy (non-hydrogen) atoms. The maximum atomic E-state index is 13.5. The van der Waals surface area contributed by atoms with Crippen LogP contribution in [0.2, 0.25) is 5.02 Å². The summed E-state index contributed by atoms with van der Waals surface area (Å²) >= 11 is 6.18. The fourth-order valence-corrected chi connectivity index (χ4v) is 4.37. The minimum atomic E-state index is -3.86. The monoisotopic (exact) mass is 511 g/mol. The molecule has 0 aliphatic rings. The van der Waals surface area contributed by atoms with Crippen molar-refractivity contribution >= 4 is 39.1 Å². The van der Waals surface area contributed by atoms with Crippen molar-refractivity contribution in [2.75, 3.05) is 17.1 Å². The number of halogens is 2. The van der Waals surface area contributed by atoms with Gasteiger partial charge in [-0.05, 0) is 70.0 Å². The van der Waals surface area contributed by atoms with Gasteiger partial charge < -0.3 is 10.2 Å². The summed E-state index contributed by atoms with van der Waals surface area (Å²) < 4.78 is 39.6. The smallest absolute Gasteiger partial charge is 0.244 e. The lowest BCUT2D eigenvalue weighted by Crippen LogP contribution is -2.54. The lowest BCUT2D eigenvalue weighted by Gasteiger charge is -2.33. The molecule has 0 fully saturated rings. The average molecular weight is 512 g/mol. The summed E-state index contributed by atoms with van der Waals surface area (Å²) in [6.07, 6.45) is 1.00. The number of nitrogens with one attached hydrogen (secondary N) is 1. The maximum Gasteiger partial charge on any atom is 0.244 e. The molecule has 0 aliphatic carbocycles. The first kappa shape index (κ1) is 27.6. The summed E-state index contributed by atoms with van der Waals surface area (Å²) in [5, 5.41) is 3.20. The van der Waals surface area contributed by atoms with E-state index in [0.29, 0.717) is 16.1 Å². The van der Waals surface area contributed by atoms with Crippen LogP contribution in [-0.2, 0) is 26.2 Å². The Balaban J connectivity index is 2.44. The molecule has 0 spiro atoms. The van der Waals surface area contributed by atoms with E-state index in [1.807, 2.05) is 20.8 Å². The van der Waals surface area contributed by atoms with Crippen LogP contribution < -0.4 is 9.62 Å². The van der Waals surface area contributed by atoms with Gasteiger partial charge in [-0.25, -0.2) is 12.8 Å². The summed E-state index contributed by atoms with van der Waals surface area (Å²) in [5.74, 6) is -1.42. The van der Waals surface area contributed by atoms with Crippen molar-refractivity contribution in [2.24, 2.45) is 0 Å². The van der Waals surface area contributed by atoms with Crippen LogP contribution in [0.5, 0.6) is 0 Å². The molecule has 2 rings (SSSR count). The quantitative estimate of drug-likeness (QED) is 0.582. The predicted octanol–water partition coefficient (Wildman–Crippen LogP) is 3.89. The number of hydrogen-bond acceptors (Lipinski definition) is 4. The first-order valence-electron chi connectivity index (χ1n) is 10.7. The zero-order valence-electron chi connectivity index (χ0n) is 20.2. The molecule has 0 radical (unpaired) electrons. The van der Waals surface area contributed by atoms with Gasteiger partial charge in [0.05, 0.1) is 11.9 Å². The number of carbonyl (C=O) groups is 2. The number of benzene rings is 2. The van der Waals surface area contributed by atoms with E-state index < -0.39 is 45.8 Å². The van der Waals surface area contributed by atoms with Crippen LogP contribution in [0, 0.1) is 12.7 Å². The third kappa shape index (κ3) is 7.43. The average Bonchev–Trinajstić information content (AvgIpc) is 2.71. The Morgan fingerprint density at radius 1 is 1.12 bits per heavy atom. The van der Waals surface area contributed by atoms with Crippen LogP contribution in [0.25, 0.3) is 0 Å². The molecule has 7 nitrogen and oxygen atoms in total. The van der Waals surface area contributed by atoms with Crippen LogP contribution in [0.1, 0.15) is 38.8 Å². The Morgan fingerprint density at radius 3 is 2.24 bits per heavy atom. The standard InChI is InChI=1S/C24H31ClFN3O4S/c1-16-20(25)8-7-9-21(16)29(34(6,32)33)15-22(30)28(14-18-10-12-19(26)13-11-18)17(2)23(31)27-24(3,4)5/h7-13,17H,14-15H2,1-6H3,(H,27,31)/t17-/m1/s1. The van der Waals surface area contributed by atoms with Gasteiger partial charge in [0.1, 0.15) is 18.4 Å². The zero-order chi connectivity index (χ0) is 25.8.